The van der Waals surface area contributed by atoms with Crippen LogP contribution in [0.4, 0.5) is 4.39 Å². The van der Waals surface area contributed by atoms with E-state index in [9.17, 15) is 9.18 Å². The fourth-order valence-corrected chi connectivity index (χ4v) is 2.68. The van der Waals surface area contributed by atoms with Gasteiger partial charge < -0.3 is 14.6 Å². The van der Waals surface area contributed by atoms with Gasteiger partial charge in [0.25, 0.3) is 5.91 Å². The monoisotopic (exact) mass is 276 g/mol. The van der Waals surface area contributed by atoms with Crippen molar-refractivity contribution in [1.29, 1.82) is 0 Å². The van der Waals surface area contributed by atoms with E-state index in [4.69, 9.17) is 4.74 Å². The van der Waals surface area contributed by atoms with Gasteiger partial charge in [0.15, 0.2) is 0 Å². The largest absolute Gasteiger partial charge is 0.375 e. The number of morpholine rings is 1. The van der Waals surface area contributed by atoms with Crippen molar-refractivity contribution in [2.75, 3.05) is 19.7 Å². The van der Waals surface area contributed by atoms with Gasteiger partial charge >= 0.3 is 0 Å². The average molecular weight is 276 g/mol. The van der Waals surface area contributed by atoms with Crippen molar-refractivity contribution in [3.05, 3.63) is 35.3 Å². The second-order valence-corrected chi connectivity index (χ2v) is 5.25. The van der Waals surface area contributed by atoms with Crippen molar-refractivity contribution >= 4 is 16.8 Å². The number of carbonyl (C=O) groups excluding carboxylic acids is 1. The van der Waals surface area contributed by atoms with Crippen LogP contribution in [0.3, 0.4) is 0 Å². The van der Waals surface area contributed by atoms with Crippen LogP contribution in [-0.4, -0.2) is 41.6 Å². The lowest BCUT2D eigenvalue weighted by Crippen LogP contribution is -2.44. The molecule has 5 heteroatoms. The smallest absolute Gasteiger partial charge is 0.270 e. The number of aromatic nitrogens is 1. The third kappa shape index (κ3) is 2.18. The van der Waals surface area contributed by atoms with Crippen LogP contribution in [0.25, 0.3) is 10.9 Å². The molecule has 0 saturated carbocycles. The number of amides is 1. The van der Waals surface area contributed by atoms with Crippen molar-refractivity contribution in [1.82, 2.24) is 9.88 Å². The number of hydrogen-bond donors (Lipinski definition) is 1. The normalized spacial score (nSPS) is 19.6. The molecular weight excluding hydrogens is 259 g/mol. The van der Waals surface area contributed by atoms with E-state index in [2.05, 4.69) is 4.98 Å². The van der Waals surface area contributed by atoms with E-state index in [1.165, 1.54) is 12.1 Å². The van der Waals surface area contributed by atoms with Crippen LogP contribution in [0.5, 0.6) is 0 Å². The van der Waals surface area contributed by atoms with Crippen molar-refractivity contribution in [3.8, 4) is 0 Å². The number of nitrogens with zero attached hydrogens (tertiary/aromatic N) is 1. The van der Waals surface area contributed by atoms with Gasteiger partial charge in [-0.2, -0.15) is 0 Å². The van der Waals surface area contributed by atoms with Crippen molar-refractivity contribution < 1.29 is 13.9 Å². The highest BCUT2D eigenvalue weighted by atomic mass is 19.1. The maximum absolute atomic E-state index is 13.3. The zero-order valence-corrected chi connectivity index (χ0v) is 11.6. The Hall–Kier alpha value is -1.88. The third-order valence-electron chi connectivity index (χ3n) is 3.76. The Morgan fingerprint density at radius 2 is 2.30 bits per heavy atom. The van der Waals surface area contributed by atoms with Gasteiger partial charge in [0.05, 0.1) is 12.7 Å². The lowest BCUT2D eigenvalue weighted by atomic mass is 10.1. The summed E-state index contributed by atoms with van der Waals surface area (Å²) in [6.45, 7) is 5.57. The summed E-state index contributed by atoms with van der Waals surface area (Å²) in [5.41, 5.74) is 2.07. The van der Waals surface area contributed by atoms with Crippen molar-refractivity contribution in [2.24, 2.45) is 0 Å². The molecule has 0 aliphatic carbocycles. The Bertz CT molecular complexity index is 665. The van der Waals surface area contributed by atoms with Crippen LogP contribution >= 0.6 is 0 Å². The van der Waals surface area contributed by atoms with Crippen LogP contribution in [0.1, 0.15) is 23.0 Å². The highest BCUT2D eigenvalue weighted by Crippen LogP contribution is 2.24. The summed E-state index contributed by atoms with van der Waals surface area (Å²) in [6, 6.07) is 4.53. The third-order valence-corrected chi connectivity index (χ3v) is 3.76. The van der Waals surface area contributed by atoms with Gasteiger partial charge in [-0.25, -0.2) is 4.39 Å². The van der Waals surface area contributed by atoms with Gasteiger partial charge in [0.2, 0.25) is 0 Å². The molecule has 1 aliphatic heterocycles. The average Bonchev–Trinajstić information content (AvgIpc) is 2.74. The maximum atomic E-state index is 13.3. The summed E-state index contributed by atoms with van der Waals surface area (Å²) < 4.78 is 18.7. The van der Waals surface area contributed by atoms with Crippen LogP contribution in [0.15, 0.2) is 18.2 Å². The van der Waals surface area contributed by atoms with Gasteiger partial charge in [0.1, 0.15) is 11.5 Å². The highest BCUT2D eigenvalue weighted by Gasteiger charge is 2.25. The Morgan fingerprint density at radius 1 is 1.50 bits per heavy atom. The molecule has 1 aromatic carbocycles. The summed E-state index contributed by atoms with van der Waals surface area (Å²) in [7, 11) is 0. The zero-order valence-electron chi connectivity index (χ0n) is 11.6. The number of ether oxygens (including phenoxy) is 1. The quantitative estimate of drug-likeness (QED) is 0.869. The van der Waals surface area contributed by atoms with E-state index in [0.29, 0.717) is 30.9 Å². The van der Waals surface area contributed by atoms with Crippen LogP contribution in [0, 0.1) is 12.7 Å². The van der Waals surface area contributed by atoms with Crippen LogP contribution < -0.4 is 0 Å². The molecule has 4 nitrogen and oxygen atoms in total. The molecule has 0 unspecified atom stereocenters. The molecule has 2 aromatic rings. The fraction of sp³-hybridized carbons (Fsp3) is 0.400. The number of rotatable bonds is 1. The molecule has 0 bridgehead atoms. The number of aryl methyl sites for hydroxylation is 1. The minimum atomic E-state index is -0.308. The molecule has 3 rings (SSSR count). The first-order chi connectivity index (χ1) is 9.56. The summed E-state index contributed by atoms with van der Waals surface area (Å²) in [4.78, 5) is 17.4. The SMILES string of the molecule is Cc1c(C(=O)N2CCO[C@H](C)C2)[nH]c2cc(F)ccc12. The zero-order chi connectivity index (χ0) is 14.3. The van der Waals surface area contributed by atoms with E-state index in [1.54, 1.807) is 11.0 Å². The second kappa shape index (κ2) is 4.90. The summed E-state index contributed by atoms with van der Waals surface area (Å²) >= 11 is 0. The Labute approximate surface area is 116 Å². The molecule has 1 aromatic heterocycles. The first-order valence-corrected chi connectivity index (χ1v) is 6.75. The van der Waals surface area contributed by atoms with Crippen LogP contribution in [-0.2, 0) is 4.74 Å². The van der Waals surface area contributed by atoms with Gasteiger partial charge in [-0.3, -0.25) is 4.79 Å². The highest BCUT2D eigenvalue weighted by molar-refractivity contribution is 6.00. The Kier molecular flexibility index (Phi) is 3.22. The van der Waals surface area contributed by atoms with Crippen molar-refractivity contribution in [2.45, 2.75) is 20.0 Å². The predicted molar refractivity (Wildman–Crippen MR) is 74.3 cm³/mol. The lowest BCUT2D eigenvalue weighted by molar-refractivity contribution is -0.0126. The standard InChI is InChI=1S/C15H17FN2O2/c1-9-8-18(5-6-20-9)15(19)14-10(2)12-4-3-11(16)7-13(12)17-14/h3-4,7,9,17H,5-6,8H2,1-2H3/t9-/m1/s1. The lowest BCUT2D eigenvalue weighted by Gasteiger charge is -2.31. The van der Waals surface area contributed by atoms with Gasteiger partial charge in [-0.15, -0.1) is 0 Å². The molecule has 1 N–H and O–H groups in total. The number of benzene rings is 1. The molecule has 0 radical (unpaired) electrons. The summed E-state index contributed by atoms with van der Waals surface area (Å²) in [5.74, 6) is -0.355. The molecule has 2 heterocycles. The predicted octanol–water partition coefficient (Wildman–Crippen LogP) is 2.48. The van der Waals surface area contributed by atoms with E-state index < -0.39 is 0 Å². The topological polar surface area (TPSA) is 45.3 Å². The number of nitrogens with one attached hydrogen (secondary N) is 1. The minimum absolute atomic E-state index is 0.0470. The number of aromatic amines is 1. The fourth-order valence-electron chi connectivity index (χ4n) is 2.68. The van der Waals surface area contributed by atoms with Gasteiger partial charge in [-0.05, 0) is 37.6 Å². The molecule has 1 saturated heterocycles. The molecule has 1 aliphatic rings. The summed E-state index contributed by atoms with van der Waals surface area (Å²) in [5, 5.41) is 0.885. The van der Waals surface area contributed by atoms with Gasteiger partial charge in [-0.1, -0.05) is 0 Å². The minimum Gasteiger partial charge on any atom is -0.375 e. The first kappa shape index (κ1) is 13.1. The van der Waals surface area contributed by atoms with E-state index in [1.807, 2.05) is 13.8 Å². The van der Waals surface area contributed by atoms with E-state index in [-0.39, 0.29) is 17.8 Å². The number of halogens is 1. The molecule has 0 spiro atoms. The molecular formula is C15H17FN2O2. The maximum Gasteiger partial charge on any atom is 0.270 e. The number of fused-ring (bicyclic) bond motifs is 1. The molecule has 1 atom stereocenters. The van der Waals surface area contributed by atoms with Crippen LogP contribution in [0.2, 0.25) is 0 Å². The number of H-pyrrole nitrogens is 1. The molecule has 20 heavy (non-hydrogen) atoms. The van der Waals surface area contributed by atoms with E-state index in [0.717, 1.165) is 10.9 Å². The Morgan fingerprint density at radius 3 is 3.05 bits per heavy atom. The molecule has 1 fully saturated rings. The Balaban J connectivity index is 1.97. The van der Waals surface area contributed by atoms with Gasteiger partial charge in [0, 0.05) is 24.0 Å². The second-order valence-electron chi connectivity index (χ2n) is 5.25. The molecule has 106 valence electrons. The van der Waals surface area contributed by atoms with E-state index >= 15 is 0 Å². The number of carbonyl (C=O) groups is 1. The summed E-state index contributed by atoms with van der Waals surface area (Å²) in [6.07, 6.45) is 0.0508. The first-order valence-electron chi connectivity index (χ1n) is 6.75. The van der Waals surface area contributed by atoms with Crippen molar-refractivity contribution in [3.63, 3.8) is 0 Å². The molecule has 1 amide bonds. The number of hydrogen-bond acceptors (Lipinski definition) is 2.